The van der Waals surface area contributed by atoms with Crippen LogP contribution in [-0.2, 0) is 0 Å². The zero-order valence-electron chi connectivity index (χ0n) is 10.1. The molecule has 2 heteroatoms. The topological polar surface area (TPSA) is 35.2 Å². The summed E-state index contributed by atoms with van der Waals surface area (Å²) < 4.78 is 5.71. The summed E-state index contributed by atoms with van der Waals surface area (Å²) >= 11 is 0. The molecule has 0 aliphatic heterocycles. The average molecular weight is 207 g/mol. The molecular weight excluding hydrogens is 186 g/mol. The molecule has 2 nitrogen and oxygen atoms in total. The van der Waals surface area contributed by atoms with E-state index in [2.05, 4.69) is 20.8 Å². The predicted molar refractivity (Wildman–Crippen MR) is 65.2 cm³/mol. The Balaban J connectivity index is 2.54. The number of anilines is 1. The summed E-state index contributed by atoms with van der Waals surface area (Å²) in [6, 6.07) is 5.77. The highest BCUT2D eigenvalue weighted by atomic mass is 16.5. The van der Waals surface area contributed by atoms with Crippen molar-refractivity contribution in [1.82, 2.24) is 0 Å². The molecule has 0 spiro atoms. The number of nitrogen functional groups attached to an aromatic ring is 1. The molecule has 15 heavy (non-hydrogen) atoms. The number of nitrogens with two attached hydrogens (primary N) is 1. The molecular formula is C13H21NO. The summed E-state index contributed by atoms with van der Waals surface area (Å²) in [5, 5.41) is 0. The molecule has 0 radical (unpaired) electrons. The largest absolute Gasteiger partial charge is 0.493 e. The van der Waals surface area contributed by atoms with Crippen molar-refractivity contribution in [3.05, 3.63) is 23.8 Å². The normalized spacial score (nSPS) is 11.5. The lowest BCUT2D eigenvalue weighted by Crippen LogP contribution is -2.11. The van der Waals surface area contributed by atoms with Crippen LogP contribution in [0.1, 0.15) is 32.8 Å². The fourth-order valence-corrected chi connectivity index (χ4v) is 1.24. The molecule has 0 heterocycles. The highest BCUT2D eigenvalue weighted by Crippen LogP contribution is 2.23. The van der Waals surface area contributed by atoms with E-state index in [1.54, 1.807) is 0 Å². The first-order chi connectivity index (χ1) is 6.88. The zero-order chi connectivity index (χ0) is 11.5. The van der Waals surface area contributed by atoms with Crippen LogP contribution >= 0.6 is 0 Å². The van der Waals surface area contributed by atoms with Gasteiger partial charge in [-0.05, 0) is 30.4 Å². The van der Waals surface area contributed by atoms with Gasteiger partial charge in [0.15, 0.2) is 0 Å². The van der Waals surface area contributed by atoms with Crippen LogP contribution in [0.4, 0.5) is 5.69 Å². The maximum atomic E-state index is 5.71. The molecule has 0 aliphatic carbocycles. The summed E-state index contributed by atoms with van der Waals surface area (Å²) in [5.74, 6) is 0.902. The van der Waals surface area contributed by atoms with Crippen molar-refractivity contribution in [1.29, 1.82) is 0 Å². The second-order valence-corrected chi connectivity index (χ2v) is 5.18. The first-order valence-corrected chi connectivity index (χ1v) is 5.37. The first-order valence-electron chi connectivity index (χ1n) is 5.37. The third kappa shape index (κ3) is 4.24. The van der Waals surface area contributed by atoms with Crippen LogP contribution in [-0.4, -0.2) is 6.61 Å². The molecule has 0 saturated heterocycles. The Morgan fingerprint density at radius 1 is 1.27 bits per heavy atom. The smallest absolute Gasteiger partial charge is 0.124 e. The predicted octanol–water partition coefficient (Wildman–Crippen LogP) is 3.39. The second-order valence-electron chi connectivity index (χ2n) is 5.18. The lowest BCUT2D eigenvalue weighted by molar-refractivity contribution is 0.242. The van der Waals surface area contributed by atoms with Crippen LogP contribution in [0.3, 0.4) is 0 Å². The van der Waals surface area contributed by atoms with Gasteiger partial charge < -0.3 is 10.5 Å². The molecule has 0 unspecified atom stereocenters. The van der Waals surface area contributed by atoms with E-state index < -0.39 is 0 Å². The Hall–Kier alpha value is -1.18. The zero-order valence-corrected chi connectivity index (χ0v) is 10.1. The van der Waals surface area contributed by atoms with E-state index >= 15 is 0 Å². The van der Waals surface area contributed by atoms with Crippen molar-refractivity contribution in [2.45, 2.75) is 34.1 Å². The quantitative estimate of drug-likeness (QED) is 0.771. The van der Waals surface area contributed by atoms with Crippen LogP contribution in [0, 0.1) is 12.3 Å². The van der Waals surface area contributed by atoms with E-state index in [4.69, 9.17) is 10.5 Å². The maximum Gasteiger partial charge on any atom is 0.124 e. The molecule has 0 atom stereocenters. The first kappa shape index (κ1) is 11.9. The van der Waals surface area contributed by atoms with Crippen molar-refractivity contribution in [2.75, 3.05) is 12.3 Å². The number of hydrogen-bond acceptors (Lipinski definition) is 2. The lowest BCUT2D eigenvalue weighted by Gasteiger charge is -2.18. The average Bonchev–Trinajstić information content (AvgIpc) is 2.09. The highest BCUT2D eigenvalue weighted by molar-refractivity contribution is 5.47. The van der Waals surface area contributed by atoms with Gasteiger partial charge in [-0.2, -0.15) is 0 Å². The fraction of sp³-hybridized carbons (Fsp3) is 0.538. The maximum absolute atomic E-state index is 5.71. The van der Waals surface area contributed by atoms with E-state index in [0.29, 0.717) is 5.41 Å². The molecule has 0 aliphatic rings. The van der Waals surface area contributed by atoms with E-state index in [-0.39, 0.29) is 0 Å². The molecule has 1 aromatic carbocycles. The number of hydrogen-bond donors (Lipinski definition) is 1. The van der Waals surface area contributed by atoms with Crippen molar-refractivity contribution < 1.29 is 4.74 Å². The van der Waals surface area contributed by atoms with Crippen LogP contribution in [0.15, 0.2) is 18.2 Å². The van der Waals surface area contributed by atoms with Crippen molar-refractivity contribution in [3.63, 3.8) is 0 Å². The summed E-state index contributed by atoms with van der Waals surface area (Å²) in [6.45, 7) is 9.41. The summed E-state index contributed by atoms with van der Waals surface area (Å²) in [5.41, 5.74) is 7.91. The van der Waals surface area contributed by atoms with Gasteiger partial charge in [-0.25, -0.2) is 0 Å². The number of benzene rings is 1. The Kier molecular flexibility index (Phi) is 3.61. The molecule has 1 rings (SSSR count). The third-order valence-corrected chi connectivity index (χ3v) is 2.32. The van der Waals surface area contributed by atoms with Crippen LogP contribution in [0.5, 0.6) is 5.75 Å². The van der Waals surface area contributed by atoms with Gasteiger partial charge in [0.05, 0.1) is 6.61 Å². The number of aryl methyl sites for hydroxylation is 1. The SMILES string of the molecule is Cc1ccc(N)cc1OCCC(C)(C)C. The molecule has 0 fully saturated rings. The molecule has 0 amide bonds. The minimum absolute atomic E-state index is 0.314. The molecule has 0 bridgehead atoms. The van der Waals surface area contributed by atoms with Crippen molar-refractivity contribution >= 4 is 5.69 Å². The van der Waals surface area contributed by atoms with Crippen LogP contribution in [0.25, 0.3) is 0 Å². The summed E-state index contributed by atoms with van der Waals surface area (Å²) in [7, 11) is 0. The van der Waals surface area contributed by atoms with E-state index in [0.717, 1.165) is 30.0 Å². The number of ether oxygens (including phenoxy) is 1. The van der Waals surface area contributed by atoms with Gasteiger partial charge in [-0.1, -0.05) is 26.8 Å². The highest BCUT2D eigenvalue weighted by Gasteiger charge is 2.10. The Morgan fingerprint density at radius 2 is 1.93 bits per heavy atom. The van der Waals surface area contributed by atoms with Gasteiger partial charge in [0, 0.05) is 11.8 Å². The van der Waals surface area contributed by atoms with Gasteiger partial charge in [0.25, 0.3) is 0 Å². The number of rotatable bonds is 3. The van der Waals surface area contributed by atoms with Crippen LogP contribution < -0.4 is 10.5 Å². The molecule has 2 N–H and O–H groups in total. The lowest BCUT2D eigenvalue weighted by atomic mass is 9.93. The molecule has 84 valence electrons. The van der Waals surface area contributed by atoms with E-state index in [1.165, 1.54) is 0 Å². The summed E-state index contributed by atoms with van der Waals surface area (Å²) in [4.78, 5) is 0. The van der Waals surface area contributed by atoms with Crippen LogP contribution in [0.2, 0.25) is 0 Å². The Morgan fingerprint density at radius 3 is 2.53 bits per heavy atom. The van der Waals surface area contributed by atoms with Gasteiger partial charge in [0.2, 0.25) is 0 Å². The van der Waals surface area contributed by atoms with E-state index in [1.807, 2.05) is 25.1 Å². The Labute approximate surface area is 92.4 Å². The molecule has 0 saturated carbocycles. The third-order valence-electron chi connectivity index (χ3n) is 2.32. The minimum Gasteiger partial charge on any atom is -0.493 e. The van der Waals surface area contributed by atoms with Crippen molar-refractivity contribution in [2.24, 2.45) is 5.41 Å². The van der Waals surface area contributed by atoms with Gasteiger partial charge >= 0.3 is 0 Å². The fourth-order valence-electron chi connectivity index (χ4n) is 1.24. The Bertz CT molecular complexity index is 326. The minimum atomic E-state index is 0.314. The van der Waals surface area contributed by atoms with Gasteiger partial charge in [0.1, 0.15) is 5.75 Å². The summed E-state index contributed by atoms with van der Waals surface area (Å²) in [6.07, 6.45) is 1.04. The van der Waals surface area contributed by atoms with Crippen molar-refractivity contribution in [3.8, 4) is 5.75 Å². The second kappa shape index (κ2) is 4.56. The molecule has 0 aromatic heterocycles. The standard InChI is InChI=1S/C13H21NO/c1-10-5-6-11(14)9-12(10)15-8-7-13(2,3)4/h5-6,9H,7-8,14H2,1-4H3. The molecule has 1 aromatic rings. The monoisotopic (exact) mass is 207 g/mol. The van der Waals surface area contributed by atoms with Gasteiger partial charge in [-0.15, -0.1) is 0 Å². The van der Waals surface area contributed by atoms with Gasteiger partial charge in [-0.3, -0.25) is 0 Å². The van der Waals surface area contributed by atoms with E-state index in [9.17, 15) is 0 Å².